The van der Waals surface area contributed by atoms with Gasteiger partial charge >= 0.3 is 0 Å². The Balaban J connectivity index is 1.96. The maximum Gasteiger partial charge on any atom is 0.146 e. The molecule has 0 spiro atoms. The molecule has 20 heavy (non-hydrogen) atoms. The molecule has 0 aromatic heterocycles. The molecule has 0 saturated heterocycles. The normalized spacial score (nSPS) is 17.1. The van der Waals surface area contributed by atoms with E-state index in [1.165, 1.54) is 12.1 Å². The van der Waals surface area contributed by atoms with Crippen molar-refractivity contribution in [1.29, 1.82) is 0 Å². The van der Waals surface area contributed by atoms with Gasteiger partial charge in [0.15, 0.2) is 0 Å². The van der Waals surface area contributed by atoms with Crippen LogP contribution in [0.2, 0.25) is 5.02 Å². The van der Waals surface area contributed by atoms with Crippen molar-refractivity contribution in [2.45, 2.75) is 13.0 Å². The van der Waals surface area contributed by atoms with Crippen LogP contribution in [0.1, 0.15) is 17.2 Å². The second-order valence-corrected chi connectivity index (χ2v) is 5.23. The van der Waals surface area contributed by atoms with Crippen LogP contribution in [0.3, 0.4) is 0 Å². The highest BCUT2D eigenvalue weighted by Crippen LogP contribution is 2.39. The lowest BCUT2D eigenvalue weighted by atomic mass is 10.1. The minimum atomic E-state index is -0.609. The van der Waals surface area contributed by atoms with E-state index in [2.05, 4.69) is 5.32 Å². The summed E-state index contributed by atoms with van der Waals surface area (Å²) in [5.41, 5.74) is 2.14. The predicted octanol–water partition coefficient (Wildman–Crippen LogP) is 4.47. The number of hydrogen-bond donors (Lipinski definition) is 1. The Hall–Kier alpha value is -1.81. The summed E-state index contributed by atoms with van der Waals surface area (Å²) in [4.78, 5) is 0. The SMILES string of the molecule is Cc1cc(Cl)cc2c1OC(c1cc(F)cc(F)c1)CN2. The van der Waals surface area contributed by atoms with Crippen LogP contribution in [0.25, 0.3) is 0 Å². The smallest absolute Gasteiger partial charge is 0.146 e. The largest absolute Gasteiger partial charge is 0.481 e. The zero-order valence-electron chi connectivity index (χ0n) is 10.7. The Kier molecular flexibility index (Phi) is 3.26. The minimum Gasteiger partial charge on any atom is -0.481 e. The Morgan fingerprint density at radius 1 is 1.15 bits per heavy atom. The molecule has 0 fully saturated rings. The Labute approximate surface area is 120 Å². The van der Waals surface area contributed by atoms with Crippen LogP contribution in [-0.2, 0) is 0 Å². The molecular formula is C15H12ClF2NO. The van der Waals surface area contributed by atoms with Gasteiger partial charge in [-0.05, 0) is 42.3 Å². The third kappa shape index (κ3) is 2.43. The molecule has 0 aliphatic carbocycles. The molecule has 1 N–H and O–H groups in total. The summed E-state index contributed by atoms with van der Waals surface area (Å²) in [7, 11) is 0. The van der Waals surface area contributed by atoms with E-state index in [1.807, 2.05) is 6.92 Å². The molecule has 104 valence electrons. The van der Waals surface area contributed by atoms with E-state index >= 15 is 0 Å². The van der Waals surface area contributed by atoms with Gasteiger partial charge in [0.2, 0.25) is 0 Å². The molecule has 1 aliphatic heterocycles. The third-order valence-corrected chi connectivity index (χ3v) is 3.45. The standard InChI is InChI=1S/C15H12ClF2NO/c1-8-2-10(16)5-13-15(8)20-14(7-19-13)9-3-11(17)6-12(18)4-9/h2-6,14,19H,7H2,1H3. The quantitative estimate of drug-likeness (QED) is 0.838. The van der Waals surface area contributed by atoms with Crippen molar-refractivity contribution in [3.63, 3.8) is 0 Å². The molecule has 0 bridgehead atoms. The summed E-state index contributed by atoms with van der Waals surface area (Å²) in [5.74, 6) is -0.556. The molecular weight excluding hydrogens is 284 g/mol. The molecule has 0 radical (unpaired) electrons. The predicted molar refractivity (Wildman–Crippen MR) is 74.4 cm³/mol. The molecule has 5 heteroatoms. The fourth-order valence-electron chi connectivity index (χ4n) is 2.35. The lowest BCUT2D eigenvalue weighted by molar-refractivity contribution is 0.208. The summed E-state index contributed by atoms with van der Waals surface area (Å²) in [5, 5.41) is 3.80. The second kappa shape index (κ2) is 4.94. The zero-order chi connectivity index (χ0) is 14.3. The number of ether oxygens (including phenoxy) is 1. The molecule has 1 aliphatic rings. The number of fused-ring (bicyclic) bond motifs is 1. The maximum absolute atomic E-state index is 13.3. The number of benzene rings is 2. The van der Waals surface area contributed by atoms with E-state index in [0.717, 1.165) is 17.3 Å². The number of hydrogen-bond acceptors (Lipinski definition) is 2. The van der Waals surface area contributed by atoms with Crippen LogP contribution < -0.4 is 10.1 Å². The summed E-state index contributed by atoms with van der Waals surface area (Å²) >= 11 is 5.98. The number of anilines is 1. The van der Waals surface area contributed by atoms with Gasteiger partial charge in [-0.1, -0.05) is 11.6 Å². The maximum atomic E-state index is 13.3. The summed E-state index contributed by atoms with van der Waals surface area (Å²) < 4.78 is 32.4. The highest BCUT2D eigenvalue weighted by Gasteiger charge is 2.23. The number of halogens is 3. The van der Waals surface area contributed by atoms with Gasteiger partial charge in [0.05, 0.1) is 12.2 Å². The van der Waals surface area contributed by atoms with Crippen LogP contribution in [0.15, 0.2) is 30.3 Å². The van der Waals surface area contributed by atoms with Gasteiger partial charge in [-0.3, -0.25) is 0 Å². The van der Waals surface area contributed by atoms with Crippen LogP contribution in [0, 0.1) is 18.6 Å². The van der Waals surface area contributed by atoms with Gasteiger partial charge in [-0.25, -0.2) is 8.78 Å². The lowest BCUT2D eigenvalue weighted by Gasteiger charge is -2.29. The molecule has 3 rings (SSSR count). The molecule has 2 nitrogen and oxygen atoms in total. The monoisotopic (exact) mass is 295 g/mol. The molecule has 1 unspecified atom stereocenters. The van der Waals surface area contributed by atoms with Gasteiger partial charge in [0.1, 0.15) is 23.5 Å². The first-order valence-electron chi connectivity index (χ1n) is 6.19. The average Bonchev–Trinajstić information content (AvgIpc) is 2.37. The van der Waals surface area contributed by atoms with Crippen LogP contribution >= 0.6 is 11.6 Å². The third-order valence-electron chi connectivity index (χ3n) is 3.23. The van der Waals surface area contributed by atoms with E-state index < -0.39 is 17.7 Å². The van der Waals surface area contributed by atoms with E-state index in [0.29, 0.717) is 22.9 Å². The Morgan fingerprint density at radius 3 is 2.55 bits per heavy atom. The summed E-state index contributed by atoms with van der Waals surface area (Å²) in [6, 6.07) is 6.97. The first kappa shape index (κ1) is 13.2. The van der Waals surface area contributed by atoms with Crippen molar-refractivity contribution in [1.82, 2.24) is 0 Å². The van der Waals surface area contributed by atoms with E-state index in [9.17, 15) is 8.78 Å². The van der Waals surface area contributed by atoms with Gasteiger partial charge in [0, 0.05) is 11.1 Å². The van der Waals surface area contributed by atoms with Crippen LogP contribution in [0.4, 0.5) is 14.5 Å². The van der Waals surface area contributed by atoms with Crippen LogP contribution in [0.5, 0.6) is 5.75 Å². The van der Waals surface area contributed by atoms with Crippen molar-refractivity contribution in [2.24, 2.45) is 0 Å². The zero-order valence-corrected chi connectivity index (χ0v) is 11.5. The molecule has 1 heterocycles. The summed E-state index contributed by atoms with van der Waals surface area (Å²) in [6.07, 6.45) is -0.437. The van der Waals surface area contributed by atoms with E-state index in [-0.39, 0.29) is 0 Å². The van der Waals surface area contributed by atoms with Crippen molar-refractivity contribution < 1.29 is 13.5 Å². The number of aryl methyl sites for hydroxylation is 1. The molecule has 0 amide bonds. The van der Waals surface area contributed by atoms with Gasteiger partial charge in [-0.15, -0.1) is 0 Å². The summed E-state index contributed by atoms with van der Waals surface area (Å²) in [6.45, 7) is 2.30. The van der Waals surface area contributed by atoms with Gasteiger partial charge < -0.3 is 10.1 Å². The number of nitrogens with one attached hydrogen (secondary N) is 1. The van der Waals surface area contributed by atoms with E-state index in [1.54, 1.807) is 12.1 Å². The Morgan fingerprint density at radius 2 is 1.85 bits per heavy atom. The van der Waals surface area contributed by atoms with Crippen molar-refractivity contribution in [2.75, 3.05) is 11.9 Å². The van der Waals surface area contributed by atoms with Crippen LogP contribution in [-0.4, -0.2) is 6.54 Å². The Bertz CT molecular complexity index is 655. The average molecular weight is 296 g/mol. The first-order valence-corrected chi connectivity index (χ1v) is 6.57. The lowest BCUT2D eigenvalue weighted by Crippen LogP contribution is -2.24. The fourth-order valence-corrected chi connectivity index (χ4v) is 2.62. The van der Waals surface area contributed by atoms with Gasteiger partial charge in [-0.2, -0.15) is 0 Å². The topological polar surface area (TPSA) is 21.3 Å². The number of rotatable bonds is 1. The van der Waals surface area contributed by atoms with Crippen molar-refractivity contribution in [3.8, 4) is 5.75 Å². The highest BCUT2D eigenvalue weighted by molar-refractivity contribution is 6.31. The first-order chi connectivity index (χ1) is 9.52. The minimum absolute atomic E-state index is 0.426. The fraction of sp³-hybridized carbons (Fsp3) is 0.200. The van der Waals surface area contributed by atoms with Crippen molar-refractivity contribution >= 4 is 17.3 Å². The van der Waals surface area contributed by atoms with Crippen molar-refractivity contribution in [3.05, 3.63) is 58.1 Å². The van der Waals surface area contributed by atoms with E-state index in [4.69, 9.17) is 16.3 Å². The van der Waals surface area contributed by atoms with Gasteiger partial charge in [0.25, 0.3) is 0 Å². The molecule has 2 aromatic carbocycles. The molecule has 0 saturated carbocycles. The molecule has 1 atom stereocenters. The molecule has 2 aromatic rings. The highest BCUT2D eigenvalue weighted by atomic mass is 35.5. The second-order valence-electron chi connectivity index (χ2n) is 4.79.